The fraction of sp³-hybridized carbons (Fsp3) is 0.200. The number of amides is 1. The molecule has 2 rings (SSSR count). The van der Waals surface area contributed by atoms with Crippen molar-refractivity contribution in [3.63, 3.8) is 0 Å². The van der Waals surface area contributed by atoms with Crippen molar-refractivity contribution in [1.29, 1.82) is 0 Å². The van der Waals surface area contributed by atoms with E-state index in [1.54, 1.807) is 0 Å². The Morgan fingerprint density at radius 2 is 2.00 bits per heavy atom. The lowest BCUT2D eigenvalue weighted by molar-refractivity contribution is 0.0952. The van der Waals surface area contributed by atoms with E-state index in [1.807, 2.05) is 6.92 Å². The van der Waals surface area contributed by atoms with E-state index in [2.05, 4.69) is 10.3 Å². The molecule has 0 saturated heterocycles. The summed E-state index contributed by atoms with van der Waals surface area (Å²) in [5, 5.41) is 2.58. The second-order valence-electron chi connectivity index (χ2n) is 4.49. The molecule has 0 bridgehead atoms. The van der Waals surface area contributed by atoms with E-state index in [0.29, 0.717) is 6.54 Å². The standard InChI is InChI=1S/C15H14F2N2O2/c1-2-7-18-14(20)11-5-6-13(19-15(11)21)10-4-3-9(16)8-12(10)17/h3-6,8H,2,7H2,1H3,(H,18,20)(H,19,21). The van der Waals surface area contributed by atoms with Gasteiger partial charge >= 0.3 is 0 Å². The lowest BCUT2D eigenvalue weighted by atomic mass is 10.1. The molecule has 4 nitrogen and oxygen atoms in total. The number of carbonyl (C=O) groups is 1. The number of pyridine rings is 1. The van der Waals surface area contributed by atoms with E-state index in [-0.39, 0.29) is 16.8 Å². The summed E-state index contributed by atoms with van der Waals surface area (Å²) in [4.78, 5) is 26.0. The van der Waals surface area contributed by atoms with Gasteiger partial charge in [0.25, 0.3) is 11.5 Å². The van der Waals surface area contributed by atoms with E-state index < -0.39 is 23.1 Å². The number of nitrogens with one attached hydrogen (secondary N) is 2. The van der Waals surface area contributed by atoms with Crippen LogP contribution >= 0.6 is 0 Å². The molecule has 2 N–H and O–H groups in total. The van der Waals surface area contributed by atoms with E-state index in [4.69, 9.17) is 0 Å². The predicted octanol–water partition coefficient (Wildman–Crippen LogP) is 2.46. The number of benzene rings is 1. The molecule has 0 saturated carbocycles. The van der Waals surface area contributed by atoms with Gasteiger partial charge in [-0.15, -0.1) is 0 Å². The molecule has 2 aromatic rings. The number of carbonyl (C=O) groups excluding carboxylic acids is 1. The van der Waals surface area contributed by atoms with Crippen LogP contribution in [0.5, 0.6) is 0 Å². The predicted molar refractivity (Wildman–Crippen MR) is 75.0 cm³/mol. The van der Waals surface area contributed by atoms with Crippen molar-refractivity contribution in [3.8, 4) is 11.3 Å². The third kappa shape index (κ3) is 3.34. The Labute approximate surface area is 119 Å². The Morgan fingerprint density at radius 1 is 1.24 bits per heavy atom. The fourth-order valence-electron chi connectivity index (χ4n) is 1.85. The summed E-state index contributed by atoms with van der Waals surface area (Å²) in [5.74, 6) is -1.97. The van der Waals surface area contributed by atoms with Gasteiger partial charge in [-0.3, -0.25) is 9.59 Å². The van der Waals surface area contributed by atoms with Crippen LogP contribution in [0.3, 0.4) is 0 Å². The van der Waals surface area contributed by atoms with Gasteiger partial charge in [0.15, 0.2) is 0 Å². The third-order valence-corrected chi connectivity index (χ3v) is 2.91. The quantitative estimate of drug-likeness (QED) is 0.909. The first-order valence-corrected chi connectivity index (χ1v) is 6.50. The van der Waals surface area contributed by atoms with E-state index in [1.165, 1.54) is 18.2 Å². The highest BCUT2D eigenvalue weighted by molar-refractivity contribution is 5.94. The van der Waals surface area contributed by atoms with Crippen LogP contribution < -0.4 is 10.9 Å². The summed E-state index contributed by atoms with van der Waals surface area (Å²) in [5.41, 5.74) is -0.418. The van der Waals surface area contributed by atoms with Crippen LogP contribution in [0.2, 0.25) is 0 Å². The van der Waals surface area contributed by atoms with Crippen LogP contribution in [0.15, 0.2) is 35.1 Å². The first-order valence-electron chi connectivity index (χ1n) is 6.50. The van der Waals surface area contributed by atoms with Gasteiger partial charge in [0.2, 0.25) is 0 Å². The monoisotopic (exact) mass is 292 g/mol. The Hall–Kier alpha value is -2.50. The highest BCUT2D eigenvalue weighted by Gasteiger charge is 2.12. The van der Waals surface area contributed by atoms with Gasteiger partial charge in [0, 0.05) is 18.2 Å². The zero-order valence-corrected chi connectivity index (χ0v) is 11.4. The number of aromatic amines is 1. The molecule has 0 unspecified atom stereocenters. The molecule has 0 aliphatic heterocycles. The average molecular weight is 292 g/mol. The Balaban J connectivity index is 2.35. The van der Waals surface area contributed by atoms with Crippen LogP contribution in [-0.4, -0.2) is 17.4 Å². The van der Waals surface area contributed by atoms with Crippen molar-refractivity contribution in [3.05, 3.63) is 57.9 Å². The maximum atomic E-state index is 13.7. The van der Waals surface area contributed by atoms with Gasteiger partial charge in [-0.1, -0.05) is 6.92 Å². The molecule has 1 aromatic heterocycles. The number of halogens is 2. The molecule has 0 atom stereocenters. The van der Waals surface area contributed by atoms with Crippen molar-refractivity contribution in [2.45, 2.75) is 13.3 Å². The molecule has 6 heteroatoms. The number of rotatable bonds is 4. The zero-order valence-electron chi connectivity index (χ0n) is 11.4. The smallest absolute Gasteiger partial charge is 0.261 e. The highest BCUT2D eigenvalue weighted by Crippen LogP contribution is 2.20. The lowest BCUT2D eigenvalue weighted by Crippen LogP contribution is -2.30. The van der Waals surface area contributed by atoms with Crippen molar-refractivity contribution >= 4 is 5.91 Å². The topological polar surface area (TPSA) is 62.0 Å². The maximum Gasteiger partial charge on any atom is 0.261 e. The lowest BCUT2D eigenvalue weighted by Gasteiger charge is -2.06. The second-order valence-corrected chi connectivity index (χ2v) is 4.49. The van der Waals surface area contributed by atoms with Gasteiger partial charge < -0.3 is 10.3 Å². The zero-order chi connectivity index (χ0) is 15.4. The summed E-state index contributed by atoms with van der Waals surface area (Å²) < 4.78 is 26.5. The molecule has 110 valence electrons. The summed E-state index contributed by atoms with van der Waals surface area (Å²) in [7, 11) is 0. The minimum absolute atomic E-state index is 0.0466. The molecule has 0 aliphatic carbocycles. The normalized spacial score (nSPS) is 10.4. The van der Waals surface area contributed by atoms with Crippen LogP contribution in [0, 0.1) is 11.6 Å². The number of H-pyrrole nitrogens is 1. The number of hydrogen-bond acceptors (Lipinski definition) is 2. The van der Waals surface area contributed by atoms with Gasteiger partial charge in [-0.05, 0) is 30.7 Å². The fourth-order valence-corrected chi connectivity index (χ4v) is 1.85. The number of aromatic nitrogens is 1. The van der Waals surface area contributed by atoms with Crippen LogP contribution in [0.4, 0.5) is 8.78 Å². The molecule has 1 amide bonds. The molecular weight excluding hydrogens is 278 g/mol. The molecule has 21 heavy (non-hydrogen) atoms. The molecular formula is C15H14F2N2O2. The van der Waals surface area contributed by atoms with Gasteiger partial charge in [-0.25, -0.2) is 8.78 Å². The van der Waals surface area contributed by atoms with Gasteiger partial charge in [0.1, 0.15) is 17.2 Å². The minimum Gasteiger partial charge on any atom is -0.352 e. The Morgan fingerprint density at radius 3 is 2.62 bits per heavy atom. The summed E-state index contributed by atoms with van der Waals surface area (Å²) >= 11 is 0. The number of hydrogen-bond donors (Lipinski definition) is 2. The van der Waals surface area contributed by atoms with Crippen molar-refractivity contribution in [1.82, 2.24) is 10.3 Å². The van der Waals surface area contributed by atoms with E-state index >= 15 is 0 Å². The van der Waals surface area contributed by atoms with Crippen molar-refractivity contribution in [2.24, 2.45) is 0 Å². The van der Waals surface area contributed by atoms with Crippen LogP contribution in [0.1, 0.15) is 23.7 Å². The first kappa shape index (κ1) is 14.9. The third-order valence-electron chi connectivity index (χ3n) is 2.91. The molecule has 1 heterocycles. The Bertz CT molecular complexity index is 726. The molecule has 0 radical (unpaired) electrons. The van der Waals surface area contributed by atoms with Crippen molar-refractivity contribution < 1.29 is 13.6 Å². The average Bonchev–Trinajstić information content (AvgIpc) is 2.44. The van der Waals surface area contributed by atoms with E-state index in [0.717, 1.165) is 18.6 Å². The molecule has 0 fully saturated rings. The summed E-state index contributed by atoms with van der Waals surface area (Å²) in [6, 6.07) is 5.79. The summed E-state index contributed by atoms with van der Waals surface area (Å²) in [6.45, 7) is 2.36. The maximum absolute atomic E-state index is 13.7. The first-order chi connectivity index (χ1) is 10.0. The van der Waals surface area contributed by atoms with Crippen LogP contribution in [-0.2, 0) is 0 Å². The molecule has 0 aliphatic rings. The van der Waals surface area contributed by atoms with Gasteiger partial charge in [-0.2, -0.15) is 0 Å². The minimum atomic E-state index is -0.783. The molecule has 1 aromatic carbocycles. The second kappa shape index (κ2) is 6.30. The largest absolute Gasteiger partial charge is 0.352 e. The summed E-state index contributed by atoms with van der Waals surface area (Å²) in [6.07, 6.45) is 0.752. The molecule has 0 spiro atoms. The van der Waals surface area contributed by atoms with Crippen LogP contribution in [0.25, 0.3) is 11.3 Å². The van der Waals surface area contributed by atoms with E-state index in [9.17, 15) is 18.4 Å². The SMILES string of the molecule is CCCNC(=O)c1ccc(-c2ccc(F)cc2F)[nH]c1=O. The highest BCUT2D eigenvalue weighted by atomic mass is 19.1. The van der Waals surface area contributed by atoms with Gasteiger partial charge in [0.05, 0.1) is 5.69 Å². The van der Waals surface area contributed by atoms with Crippen molar-refractivity contribution in [2.75, 3.05) is 6.54 Å². The Kier molecular flexibility index (Phi) is 4.47.